The van der Waals surface area contributed by atoms with E-state index in [4.69, 9.17) is 37.9 Å². The molecule has 1 amide bonds. The molecule has 3 aromatic carbocycles. The number of aliphatic hydroxyl groups excluding tert-OH is 1. The largest absolute Gasteiger partial charge is 0.507 e. The average Bonchev–Trinajstić information content (AvgIpc) is 3.13. The number of hydrogen-bond acceptors (Lipinski definition) is 6. The molecule has 0 aromatic heterocycles. The van der Waals surface area contributed by atoms with Crippen LogP contribution in [0.1, 0.15) is 22.7 Å². The first-order chi connectivity index (χ1) is 16.8. The van der Waals surface area contributed by atoms with Crippen molar-refractivity contribution in [3.63, 3.8) is 0 Å². The maximum absolute atomic E-state index is 13.3. The molecule has 1 fully saturated rings. The fourth-order valence-corrected chi connectivity index (χ4v) is 4.61. The van der Waals surface area contributed by atoms with E-state index in [9.17, 15) is 14.7 Å². The van der Waals surface area contributed by atoms with Gasteiger partial charge in [-0.2, -0.15) is 5.26 Å². The van der Waals surface area contributed by atoms with Gasteiger partial charge in [-0.05, 0) is 54.1 Å². The predicted molar refractivity (Wildman–Crippen MR) is 132 cm³/mol. The van der Waals surface area contributed by atoms with Gasteiger partial charge in [0.15, 0.2) is 5.75 Å². The van der Waals surface area contributed by atoms with Gasteiger partial charge in [-0.15, -0.1) is 0 Å². The molecule has 0 spiro atoms. The number of carbonyl (C=O) groups is 2. The first-order valence-corrected chi connectivity index (χ1v) is 11.0. The molecule has 1 saturated heterocycles. The molecule has 9 heteroatoms. The number of ether oxygens (including phenoxy) is 2. The van der Waals surface area contributed by atoms with Crippen molar-refractivity contribution in [2.75, 3.05) is 19.1 Å². The number of anilines is 1. The Morgan fingerprint density at radius 3 is 2.23 bits per heavy atom. The lowest BCUT2D eigenvalue weighted by Gasteiger charge is -2.25. The highest BCUT2D eigenvalue weighted by molar-refractivity contribution is 6.51. The van der Waals surface area contributed by atoms with Crippen LogP contribution in [-0.2, 0) is 9.59 Å². The van der Waals surface area contributed by atoms with Gasteiger partial charge in [-0.1, -0.05) is 35.3 Å². The quantitative estimate of drug-likeness (QED) is 0.277. The van der Waals surface area contributed by atoms with Gasteiger partial charge in [0.2, 0.25) is 0 Å². The Morgan fingerprint density at radius 2 is 1.66 bits per heavy atom. The van der Waals surface area contributed by atoms with Crippen LogP contribution in [0.4, 0.5) is 5.69 Å². The van der Waals surface area contributed by atoms with Gasteiger partial charge in [0.05, 0.1) is 47.5 Å². The molecule has 35 heavy (non-hydrogen) atoms. The summed E-state index contributed by atoms with van der Waals surface area (Å²) in [6, 6.07) is 16.9. The Balaban J connectivity index is 1.96. The van der Waals surface area contributed by atoms with Crippen LogP contribution in [0.25, 0.3) is 5.76 Å². The van der Waals surface area contributed by atoms with Gasteiger partial charge in [0.1, 0.15) is 11.5 Å². The summed E-state index contributed by atoms with van der Waals surface area (Å²) in [7, 11) is 2.90. The molecule has 0 saturated carbocycles. The van der Waals surface area contributed by atoms with E-state index in [1.54, 1.807) is 48.5 Å². The lowest BCUT2D eigenvalue weighted by molar-refractivity contribution is -0.132. The van der Waals surface area contributed by atoms with Gasteiger partial charge in [0, 0.05) is 11.3 Å². The van der Waals surface area contributed by atoms with Crippen molar-refractivity contribution >= 4 is 46.3 Å². The van der Waals surface area contributed by atoms with E-state index in [0.29, 0.717) is 22.6 Å². The Morgan fingerprint density at radius 1 is 1.00 bits per heavy atom. The normalized spacial score (nSPS) is 16.8. The number of methoxy groups -OCH3 is 2. The Labute approximate surface area is 211 Å². The fraction of sp³-hybridized carbons (Fsp3) is 0.115. The summed E-state index contributed by atoms with van der Waals surface area (Å²) in [5, 5.41) is 20.7. The molecule has 0 aliphatic carbocycles. The van der Waals surface area contributed by atoms with Gasteiger partial charge < -0.3 is 14.6 Å². The second-order valence-electron chi connectivity index (χ2n) is 7.58. The third-order valence-electron chi connectivity index (χ3n) is 5.60. The Bertz CT molecular complexity index is 1390. The molecular formula is C26H18Cl2N2O5. The van der Waals surface area contributed by atoms with E-state index in [2.05, 4.69) is 0 Å². The predicted octanol–water partition coefficient (Wildman–Crippen LogP) is 5.51. The van der Waals surface area contributed by atoms with E-state index in [0.717, 1.165) is 0 Å². The van der Waals surface area contributed by atoms with Crippen LogP contribution in [0.2, 0.25) is 10.0 Å². The summed E-state index contributed by atoms with van der Waals surface area (Å²) >= 11 is 12.5. The summed E-state index contributed by atoms with van der Waals surface area (Å²) < 4.78 is 10.5. The van der Waals surface area contributed by atoms with Gasteiger partial charge in [-0.3, -0.25) is 14.5 Å². The molecule has 0 radical (unpaired) electrons. The van der Waals surface area contributed by atoms with Gasteiger partial charge in [0.25, 0.3) is 11.7 Å². The summed E-state index contributed by atoms with van der Waals surface area (Å²) in [6.07, 6.45) is 0. The SMILES string of the molecule is COc1cccc(C2/C(=C(\O)c3cc(Cl)c(OC)c(Cl)c3)C(=O)C(=O)N2c2ccc(C#N)cc2)c1. The average molecular weight is 509 g/mol. The Hall–Kier alpha value is -3.99. The molecule has 1 heterocycles. The van der Waals surface area contributed by atoms with Gasteiger partial charge in [-0.25, -0.2) is 0 Å². The van der Waals surface area contributed by atoms with E-state index in [-0.39, 0.29) is 26.9 Å². The molecule has 1 atom stereocenters. The summed E-state index contributed by atoms with van der Waals surface area (Å²) in [5.41, 5.74) is 1.30. The van der Waals surface area contributed by atoms with Crippen molar-refractivity contribution in [2.45, 2.75) is 6.04 Å². The van der Waals surface area contributed by atoms with E-state index in [1.807, 2.05) is 6.07 Å². The van der Waals surface area contributed by atoms with Crippen molar-refractivity contribution in [2.24, 2.45) is 0 Å². The summed E-state index contributed by atoms with van der Waals surface area (Å²) in [5.74, 6) is -1.45. The molecule has 1 N–H and O–H groups in total. The number of benzene rings is 3. The molecule has 7 nitrogen and oxygen atoms in total. The van der Waals surface area contributed by atoms with Crippen LogP contribution in [-0.4, -0.2) is 31.0 Å². The number of amides is 1. The minimum atomic E-state index is -0.988. The minimum absolute atomic E-state index is 0.126. The van der Waals surface area contributed by atoms with Gasteiger partial charge >= 0.3 is 0 Å². The monoisotopic (exact) mass is 508 g/mol. The van der Waals surface area contributed by atoms with Crippen LogP contribution in [0.15, 0.2) is 66.2 Å². The fourth-order valence-electron chi connectivity index (χ4n) is 3.97. The molecule has 4 rings (SSSR count). The zero-order valence-corrected chi connectivity index (χ0v) is 20.1. The number of hydrogen-bond donors (Lipinski definition) is 1. The number of rotatable bonds is 5. The number of aliphatic hydroxyl groups is 1. The molecular weight excluding hydrogens is 491 g/mol. The molecule has 1 aliphatic heterocycles. The molecule has 176 valence electrons. The standard InChI is InChI=1S/C26H18Cl2N2O5/c1-34-18-5-3-4-15(10-18)22-21(23(31)16-11-19(27)25(35-2)20(28)12-16)24(32)26(33)30(22)17-8-6-14(13-29)7-9-17/h3-12,22,31H,1-2H3/b23-21+. The number of Topliss-reactive ketones (excluding diaryl/α,β-unsaturated/α-hetero) is 1. The zero-order chi connectivity index (χ0) is 25.3. The lowest BCUT2D eigenvalue weighted by Crippen LogP contribution is -2.29. The second kappa shape index (κ2) is 9.71. The van der Waals surface area contributed by atoms with Crippen LogP contribution in [0.3, 0.4) is 0 Å². The zero-order valence-electron chi connectivity index (χ0n) is 18.6. The van der Waals surface area contributed by atoms with E-state index < -0.39 is 23.5 Å². The maximum atomic E-state index is 13.3. The highest BCUT2D eigenvalue weighted by Gasteiger charge is 2.47. The van der Waals surface area contributed by atoms with Crippen molar-refractivity contribution in [3.8, 4) is 17.6 Å². The second-order valence-corrected chi connectivity index (χ2v) is 8.39. The minimum Gasteiger partial charge on any atom is -0.507 e. The number of carbonyl (C=O) groups excluding carboxylic acids is 2. The first-order valence-electron chi connectivity index (χ1n) is 10.3. The molecule has 1 unspecified atom stereocenters. The van der Waals surface area contributed by atoms with Crippen LogP contribution >= 0.6 is 23.2 Å². The highest BCUT2D eigenvalue weighted by Crippen LogP contribution is 2.44. The van der Waals surface area contributed by atoms with E-state index in [1.165, 1.54) is 31.3 Å². The Kier molecular flexibility index (Phi) is 6.70. The smallest absolute Gasteiger partial charge is 0.300 e. The maximum Gasteiger partial charge on any atom is 0.300 e. The highest BCUT2D eigenvalue weighted by atomic mass is 35.5. The van der Waals surface area contributed by atoms with Crippen LogP contribution in [0.5, 0.6) is 11.5 Å². The van der Waals surface area contributed by atoms with Crippen LogP contribution in [0, 0.1) is 11.3 Å². The lowest BCUT2D eigenvalue weighted by atomic mass is 9.95. The number of halogens is 2. The van der Waals surface area contributed by atoms with Crippen LogP contribution < -0.4 is 14.4 Å². The van der Waals surface area contributed by atoms with Crippen molar-refractivity contribution in [3.05, 3.63) is 93.0 Å². The molecule has 1 aliphatic rings. The third-order valence-corrected chi connectivity index (χ3v) is 6.17. The number of ketones is 1. The number of nitriles is 1. The number of nitrogens with zero attached hydrogens (tertiary/aromatic N) is 2. The third kappa shape index (κ3) is 4.30. The van der Waals surface area contributed by atoms with Crippen molar-refractivity contribution in [1.29, 1.82) is 5.26 Å². The van der Waals surface area contributed by atoms with E-state index >= 15 is 0 Å². The topological polar surface area (TPSA) is 99.9 Å². The molecule has 0 bridgehead atoms. The first kappa shape index (κ1) is 24.1. The molecule has 3 aromatic rings. The van der Waals surface area contributed by atoms with Crippen molar-refractivity contribution in [1.82, 2.24) is 0 Å². The van der Waals surface area contributed by atoms with Crippen molar-refractivity contribution < 1.29 is 24.2 Å². The summed E-state index contributed by atoms with van der Waals surface area (Å²) in [4.78, 5) is 27.8. The summed E-state index contributed by atoms with van der Waals surface area (Å²) in [6.45, 7) is 0.